The largest absolute Gasteiger partial charge is 1.00 e. The number of hydrogen-bond acceptors (Lipinski definition) is 6. The first kappa shape index (κ1) is 21.8. The minimum absolute atomic E-state index is 0. The van der Waals surface area contributed by atoms with E-state index in [1.165, 1.54) is 48.5 Å². The Hall–Kier alpha value is -2.20. The summed E-state index contributed by atoms with van der Waals surface area (Å²) >= 11 is 0. The third-order valence-electron chi connectivity index (χ3n) is 3.09. The molecule has 0 fully saturated rings. The van der Waals surface area contributed by atoms with Crippen LogP contribution in [0.2, 0.25) is 0 Å². The Morgan fingerprint density at radius 2 is 1.46 bits per heavy atom. The van der Waals surface area contributed by atoms with Crippen LogP contribution in [0.15, 0.2) is 53.4 Å². The summed E-state index contributed by atoms with van der Waals surface area (Å²) in [4.78, 5) is 34.0. The number of rotatable bonds is 5. The second-order valence-electron chi connectivity index (χ2n) is 4.97. The van der Waals surface area contributed by atoms with Crippen molar-refractivity contribution in [1.29, 1.82) is 0 Å². The summed E-state index contributed by atoms with van der Waals surface area (Å²) < 4.78 is 25.5. The Balaban J connectivity index is 0.00000338. The van der Waals surface area contributed by atoms with Gasteiger partial charge in [-0.25, -0.2) is 13.1 Å². The number of aromatic carboxylic acids is 1. The van der Waals surface area contributed by atoms with E-state index in [4.69, 9.17) is 0 Å². The van der Waals surface area contributed by atoms with Crippen LogP contribution in [0.25, 0.3) is 0 Å². The summed E-state index contributed by atoms with van der Waals surface area (Å²) in [7, 11) is -3.97. The quantitative estimate of drug-likeness (QED) is 0.533. The molecule has 0 atom stereocenters. The van der Waals surface area contributed by atoms with Crippen molar-refractivity contribution in [1.82, 2.24) is 4.72 Å². The van der Waals surface area contributed by atoms with E-state index in [1.807, 2.05) is 4.72 Å². The number of hydrogen-bond donors (Lipinski definition) is 2. The SMILES string of the molecule is CC(=O)NS(=O)(=O)c1ccc(NC(=O)c2ccccc2C(=O)[O-])cc1.[Na+]. The Morgan fingerprint density at radius 1 is 0.923 bits per heavy atom. The first-order valence-corrected chi connectivity index (χ1v) is 8.44. The fourth-order valence-electron chi connectivity index (χ4n) is 2.02. The van der Waals surface area contributed by atoms with E-state index in [9.17, 15) is 27.9 Å². The van der Waals surface area contributed by atoms with Gasteiger partial charge in [-0.3, -0.25) is 9.59 Å². The topological polar surface area (TPSA) is 132 Å². The van der Waals surface area contributed by atoms with Crippen molar-refractivity contribution in [2.75, 3.05) is 5.32 Å². The molecule has 2 aromatic rings. The number of sulfonamides is 1. The molecule has 0 spiro atoms. The zero-order valence-corrected chi connectivity index (χ0v) is 16.8. The zero-order chi connectivity index (χ0) is 18.6. The Morgan fingerprint density at radius 3 is 1.96 bits per heavy atom. The van der Waals surface area contributed by atoms with Gasteiger partial charge in [0, 0.05) is 23.7 Å². The predicted octanol–water partition coefficient (Wildman–Crippen LogP) is -2.87. The zero-order valence-electron chi connectivity index (χ0n) is 14.0. The second kappa shape index (κ2) is 8.95. The summed E-state index contributed by atoms with van der Waals surface area (Å²) in [6.45, 7) is 1.07. The van der Waals surface area contributed by atoms with Crippen LogP contribution >= 0.6 is 0 Å². The standard InChI is InChI=1S/C16H14N2O6S.Na/c1-10(19)18-25(23,24)12-8-6-11(7-9-12)17-15(20)13-4-2-3-5-14(13)16(21)22;/h2-9H,1H3,(H,17,20)(H,18,19)(H,21,22);/q;+1/p-1. The maximum absolute atomic E-state index is 12.2. The van der Waals surface area contributed by atoms with Gasteiger partial charge in [0.05, 0.1) is 10.9 Å². The van der Waals surface area contributed by atoms with E-state index in [-0.39, 0.29) is 51.3 Å². The third kappa shape index (κ3) is 5.40. The molecule has 2 rings (SSSR count). The van der Waals surface area contributed by atoms with Crippen LogP contribution in [0, 0.1) is 0 Å². The Bertz CT molecular complexity index is 941. The molecule has 0 aliphatic rings. The fourth-order valence-corrected chi connectivity index (χ4v) is 3.01. The summed E-state index contributed by atoms with van der Waals surface area (Å²) in [5.41, 5.74) is -0.0952. The predicted molar refractivity (Wildman–Crippen MR) is 86.2 cm³/mol. The van der Waals surface area contributed by atoms with Crippen LogP contribution in [-0.2, 0) is 14.8 Å². The number of nitrogens with one attached hydrogen (secondary N) is 2. The molecule has 0 aliphatic carbocycles. The molecule has 10 heteroatoms. The van der Waals surface area contributed by atoms with Gasteiger partial charge in [0.2, 0.25) is 5.91 Å². The van der Waals surface area contributed by atoms with Crippen LogP contribution in [0.4, 0.5) is 5.69 Å². The molecule has 0 bridgehead atoms. The third-order valence-corrected chi connectivity index (χ3v) is 4.54. The molecule has 2 N–H and O–H groups in total. The number of carbonyl (C=O) groups excluding carboxylic acids is 3. The number of amides is 2. The number of anilines is 1. The summed E-state index contributed by atoms with van der Waals surface area (Å²) in [5.74, 6) is -2.89. The molecule has 26 heavy (non-hydrogen) atoms. The van der Waals surface area contributed by atoms with Crippen LogP contribution in [0.1, 0.15) is 27.6 Å². The molecule has 0 unspecified atom stereocenters. The summed E-state index contributed by atoms with van der Waals surface area (Å²) in [6.07, 6.45) is 0. The Kier molecular flexibility index (Phi) is 7.52. The van der Waals surface area contributed by atoms with Crippen LogP contribution in [0.5, 0.6) is 0 Å². The van der Waals surface area contributed by atoms with Gasteiger partial charge in [-0.15, -0.1) is 0 Å². The van der Waals surface area contributed by atoms with Crippen molar-refractivity contribution in [3.63, 3.8) is 0 Å². The first-order chi connectivity index (χ1) is 11.7. The molecule has 0 saturated heterocycles. The van der Waals surface area contributed by atoms with Crippen molar-refractivity contribution >= 4 is 33.5 Å². The summed E-state index contributed by atoms with van der Waals surface area (Å²) in [5, 5.41) is 13.5. The van der Waals surface area contributed by atoms with Gasteiger partial charge in [0.1, 0.15) is 0 Å². The van der Waals surface area contributed by atoms with Gasteiger partial charge in [-0.2, -0.15) is 0 Å². The molecular formula is C16H13N2NaO6S. The van der Waals surface area contributed by atoms with Crippen molar-refractivity contribution in [2.45, 2.75) is 11.8 Å². The van der Waals surface area contributed by atoms with E-state index in [2.05, 4.69) is 5.32 Å². The number of carboxylic acids is 1. The van der Waals surface area contributed by atoms with Crippen molar-refractivity contribution < 1.29 is 57.5 Å². The van der Waals surface area contributed by atoms with Crippen molar-refractivity contribution in [3.8, 4) is 0 Å². The van der Waals surface area contributed by atoms with Gasteiger partial charge in [-0.05, 0) is 30.3 Å². The van der Waals surface area contributed by atoms with Gasteiger partial charge in [0.25, 0.3) is 15.9 Å². The van der Waals surface area contributed by atoms with E-state index in [0.717, 1.165) is 6.92 Å². The second-order valence-corrected chi connectivity index (χ2v) is 6.66. The van der Waals surface area contributed by atoms with Crippen LogP contribution in [-0.4, -0.2) is 26.2 Å². The van der Waals surface area contributed by atoms with Gasteiger partial charge >= 0.3 is 29.6 Å². The van der Waals surface area contributed by atoms with Crippen LogP contribution in [0.3, 0.4) is 0 Å². The molecule has 0 saturated carbocycles. The van der Waals surface area contributed by atoms with Gasteiger partial charge < -0.3 is 15.2 Å². The first-order valence-electron chi connectivity index (χ1n) is 6.96. The number of carbonyl (C=O) groups is 3. The minimum atomic E-state index is -3.97. The van der Waals surface area contributed by atoms with E-state index in [1.54, 1.807) is 0 Å². The van der Waals surface area contributed by atoms with Gasteiger partial charge in [-0.1, -0.05) is 18.2 Å². The maximum atomic E-state index is 12.2. The molecule has 130 valence electrons. The fraction of sp³-hybridized carbons (Fsp3) is 0.0625. The molecule has 0 radical (unpaired) electrons. The van der Waals surface area contributed by atoms with Crippen LogP contribution < -0.4 is 44.7 Å². The Labute approximate surface area is 172 Å². The molecule has 2 aromatic carbocycles. The van der Waals surface area contributed by atoms with E-state index in [0.29, 0.717) is 0 Å². The van der Waals surface area contributed by atoms with E-state index >= 15 is 0 Å². The maximum Gasteiger partial charge on any atom is 1.00 e. The van der Waals surface area contributed by atoms with Crippen molar-refractivity contribution in [2.24, 2.45) is 0 Å². The van der Waals surface area contributed by atoms with E-state index < -0.39 is 27.8 Å². The smallest absolute Gasteiger partial charge is 0.545 e. The molecule has 8 nitrogen and oxygen atoms in total. The monoisotopic (exact) mass is 384 g/mol. The average Bonchev–Trinajstić information content (AvgIpc) is 2.54. The number of carboxylic acid groups (broad SMARTS) is 1. The molecule has 2 amide bonds. The number of benzene rings is 2. The average molecular weight is 384 g/mol. The minimum Gasteiger partial charge on any atom is -0.545 e. The molecule has 0 aliphatic heterocycles. The molecule has 0 aromatic heterocycles. The molecule has 0 heterocycles. The van der Waals surface area contributed by atoms with Crippen molar-refractivity contribution in [3.05, 3.63) is 59.7 Å². The summed E-state index contributed by atoms with van der Waals surface area (Å²) in [6, 6.07) is 10.6. The molecular weight excluding hydrogens is 371 g/mol. The normalized spacial score (nSPS) is 10.3. The van der Waals surface area contributed by atoms with Gasteiger partial charge in [0.15, 0.2) is 0 Å².